The van der Waals surface area contributed by atoms with Crippen LogP contribution in [0, 0.1) is 0 Å². The summed E-state index contributed by atoms with van der Waals surface area (Å²) in [5, 5.41) is 0.0195. The highest BCUT2D eigenvalue weighted by molar-refractivity contribution is 7.90. The van der Waals surface area contributed by atoms with Crippen molar-refractivity contribution in [2.75, 3.05) is 32.4 Å². The van der Waals surface area contributed by atoms with Gasteiger partial charge in [-0.2, -0.15) is 13.2 Å². The van der Waals surface area contributed by atoms with E-state index in [4.69, 9.17) is 11.6 Å². The van der Waals surface area contributed by atoms with Gasteiger partial charge < -0.3 is 9.80 Å². The number of hydrogen-bond donors (Lipinski definition) is 0. The number of nitrogens with zero attached hydrogens (tertiary/aromatic N) is 2. The normalized spacial score (nSPS) is 15.1. The van der Waals surface area contributed by atoms with Crippen molar-refractivity contribution in [3.8, 4) is 0 Å². The van der Waals surface area contributed by atoms with Gasteiger partial charge in [0.1, 0.15) is 0 Å². The Bertz CT molecular complexity index is 1110. The molecule has 2 aromatic carbocycles. The number of alkyl halides is 3. The van der Waals surface area contributed by atoms with E-state index in [9.17, 15) is 31.2 Å². The molecule has 2 amide bonds. The quantitative estimate of drug-likeness (QED) is 0.683. The number of rotatable bonds is 3. The summed E-state index contributed by atoms with van der Waals surface area (Å²) in [6.07, 6.45) is -3.49. The average Bonchev–Trinajstić information content (AvgIpc) is 2.72. The Hall–Kier alpha value is -2.59. The second kappa shape index (κ2) is 8.51. The molecule has 1 fully saturated rings. The van der Waals surface area contributed by atoms with E-state index in [1.165, 1.54) is 28.0 Å². The minimum absolute atomic E-state index is 0.0195. The molecule has 0 radical (unpaired) electrons. The first-order chi connectivity index (χ1) is 14.4. The second-order valence-corrected chi connectivity index (χ2v) is 9.47. The van der Waals surface area contributed by atoms with Crippen LogP contribution >= 0.6 is 11.6 Å². The zero-order chi connectivity index (χ0) is 23.0. The van der Waals surface area contributed by atoms with Crippen molar-refractivity contribution >= 4 is 33.3 Å². The number of carbonyl (C=O) groups excluding carboxylic acids is 2. The van der Waals surface area contributed by atoms with Crippen LogP contribution in [0.25, 0.3) is 0 Å². The molecule has 2 aromatic rings. The lowest BCUT2D eigenvalue weighted by Crippen LogP contribution is -2.50. The Kier molecular flexibility index (Phi) is 6.33. The number of benzene rings is 2. The van der Waals surface area contributed by atoms with Crippen molar-refractivity contribution < 1.29 is 31.2 Å². The fourth-order valence-corrected chi connectivity index (χ4v) is 4.50. The van der Waals surface area contributed by atoms with Gasteiger partial charge in [0.05, 0.1) is 15.5 Å². The first-order valence-corrected chi connectivity index (χ1v) is 11.4. The maximum absolute atomic E-state index is 12.7. The van der Waals surface area contributed by atoms with Gasteiger partial charge in [-0.25, -0.2) is 8.42 Å². The molecular weight excluding hydrogens is 457 g/mol. The summed E-state index contributed by atoms with van der Waals surface area (Å²) in [6.45, 7) is 0.778. The predicted molar refractivity (Wildman–Crippen MR) is 108 cm³/mol. The SMILES string of the molecule is CS(=O)(=O)c1cc(C(=O)N2CCN(C(=O)c3ccc(C(F)(F)F)cc3)CC2)ccc1Cl. The number of sulfone groups is 1. The van der Waals surface area contributed by atoms with Gasteiger partial charge >= 0.3 is 6.18 Å². The molecule has 3 rings (SSSR count). The van der Waals surface area contributed by atoms with E-state index in [2.05, 4.69) is 0 Å². The molecule has 0 spiro atoms. The molecule has 0 atom stereocenters. The third kappa shape index (κ3) is 5.19. The van der Waals surface area contributed by atoms with Gasteiger partial charge in [-0.05, 0) is 42.5 Å². The number of halogens is 4. The van der Waals surface area contributed by atoms with Crippen molar-refractivity contribution in [1.29, 1.82) is 0 Å². The van der Waals surface area contributed by atoms with Gasteiger partial charge in [0.15, 0.2) is 9.84 Å². The first kappa shape index (κ1) is 23.1. The molecule has 1 heterocycles. The lowest BCUT2D eigenvalue weighted by molar-refractivity contribution is -0.137. The monoisotopic (exact) mass is 474 g/mol. The van der Waals surface area contributed by atoms with Crippen LogP contribution in [-0.2, 0) is 16.0 Å². The highest BCUT2D eigenvalue weighted by Gasteiger charge is 2.31. The van der Waals surface area contributed by atoms with E-state index < -0.39 is 33.4 Å². The zero-order valence-electron chi connectivity index (χ0n) is 16.3. The van der Waals surface area contributed by atoms with Crippen molar-refractivity contribution in [2.45, 2.75) is 11.1 Å². The van der Waals surface area contributed by atoms with Crippen LogP contribution in [-0.4, -0.2) is 62.5 Å². The first-order valence-electron chi connectivity index (χ1n) is 9.13. The molecule has 0 aliphatic carbocycles. The van der Waals surface area contributed by atoms with Gasteiger partial charge in [-0.1, -0.05) is 11.6 Å². The molecule has 0 saturated carbocycles. The third-order valence-corrected chi connectivity index (χ3v) is 6.47. The van der Waals surface area contributed by atoms with Crippen molar-refractivity contribution in [2.24, 2.45) is 0 Å². The minimum atomic E-state index is -4.48. The summed E-state index contributed by atoms with van der Waals surface area (Å²) in [7, 11) is -3.61. The van der Waals surface area contributed by atoms with Crippen molar-refractivity contribution in [1.82, 2.24) is 9.80 Å². The van der Waals surface area contributed by atoms with Gasteiger partial charge in [-0.15, -0.1) is 0 Å². The molecule has 1 saturated heterocycles. The van der Waals surface area contributed by atoms with Crippen LogP contribution < -0.4 is 0 Å². The van der Waals surface area contributed by atoms with Crippen LogP contribution in [0.1, 0.15) is 26.3 Å². The molecule has 0 aromatic heterocycles. The Morgan fingerprint density at radius 3 is 1.77 bits per heavy atom. The van der Waals surface area contributed by atoms with Crippen molar-refractivity contribution in [3.63, 3.8) is 0 Å². The minimum Gasteiger partial charge on any atom is -0.335 e. The molecule has 11 heteroatoms. The smallest absolute Gasteiger partial charge is 0.335 e. The third-order valence-electron chi connectivity index (χ3n) is 4.89. The topological polar surface area (TPSA) is 74.8 Å². The fraction of sp³-hybridized carbons (Fsp3) is 0.300. The largest absolute Gasteiger partial charge is 0.416 e. The maximum atomic E-state index is 12.7. The summed E-state index contributed by atoms with van der Waals surface area (Å²) < 4.78 is 61.7. The number of carbonyl (C=O) groups is 2. The Morgan fingerprint density at radius 2 is 1.32 bits per heavy atom. The lowest BCUT2D eigenvalue weighted by atomic mass is 10.1. The van der Waals surface area contributed by atoms with Gasteiger partial charge in [0.2, 0.25) is 0 Å². The van der Waals surface area contributed by atoms with Gasteiger partial charge in [0.25, 0.3) is 11.8 Å². The summed E-state index contributed by atoms with van der Waals surface area (Å²) in [4.78, 5) is 28.1. The molecule has 0 N–H and O–H groups in total. The summed E-state index contributed by atoms with van der Waals surface area (Å²) in [5.74, 6) is -0.824. The highest BCUT2D eigenvalue weighted by atomic mass is 35.5. The van der Waals surface area contributed by atoms with E-state index in [1.807, 2.05) is 0 Å². The standard InChI is InChI=1S/C20H18ClF3N2O4S/c1-31(29,30)17-12-14(4-7-16(17)21)19(28)26-10-8-25(9-11-26)18(27)13-2-5-15(6-3-13)20(22,23)24/h2-7,12H,8-11H2,1H3. The van der Waals surface area contributed by atoms with Gasteiger partial charge in [0, 0.05) is 43.6 Å². The van der Waals surface area contributed by atoms with Crippen LogP contribution in [0.3, 0.4) is 0 Å². The number of piperazine rings is 1. The van der Waals surface area contributed by atoms with E-state index in [1.54, 1.807) is 0 Å². The summed E-state index contributed by atoms with van der Waals surface area (Å²) >= 11 is 5.91. The number of hydrogen-bond acceptors (Lipinski definition) is 4. The van der Waals surface area contributed by atoms with Crippen LogP contribution in [0.2, 0.25) is 5.02 Å². The maximum Gasteiger partial charge on any atom is 0.416 e. The van der Waals surface area contributed by atoms with E-state index >= 15 is 0 Å². The fourth-order valence-electron chi connectivity index (χ4n) is 3.20. The highest BCUT2D eigenvalue weighted by Crippen LogP contribution is 2.29. The molecule has 166 valence electrons. The number of amides is 2. The Labute approximate surface area is 182 Å². The zero-order valence-corrected chi connectivity index (χ0v) is 17.9. The summed E-state index contributed by atoms with van der Waals surface area (Å²) in [5.41, 5.74) is -0.550. The van der Waals surface area contributed by atoms with E-state index in [0.717, 1.165) is 30.5 Å². The Balaban J connectivity index is 1.67. The second-order valence-electron chi connectivity index (χ2n) is 7.08. The molecule has 31 heavy (non-hydrogen) atoms. The Morgan fingerprint density at radius 1 is 0.871 bits per heavy atom. The molecule has 1 aliphatic rings. The van der Waals surface area contributed by atoms with Crippen molar-refractivity contribution in [3.05, 3.63) is 64.2 Å². The van der Waals surface area contributed by atoms with Crippen LogP contribution in [0.5, 0.6) is 0 Å². The molecule has 6 nitrogen and oxygen atoms in total. The predicted octanol–water partition coefficient (Wildman–Crippen LogP) is 3.36. The van der Waals surface area contributed by atoms with Crippen LogP contribution in [0.4, 0.5) is 13.2 Å². The lowest BCUT2D eigenvalue weighted by Gasteiger charge is -2.35. The summed E-state index contributed by atoms with van der Waals surface area (Å²) in [6, 6.07) is 7.96. The molecule has 0 bridgehead atoms. The van der Waals surface area contributed by atoms with E-state index in [0.29, 0.717) is 0 Å². The average molecular weight is 475 g/mol. The molecular formula is C20H18ClF3N2O4S. The van der Waals surface area contributed by atoms with Gasteiger partial charge in [-0.3, -0.25) is 9.59 Å². The van der Waals surface area contributed by atoms with Crippen LogP contribution in [0.15, 0.2) is 47.4 Å². The molecule has 0 unspecified atom stereocenters. The van der Waals surface area contributed by atoms with E-state index in [-0.39, 0.29) is 47.2 Å². The molecule has 1 aliphatic heterocycles.